The summed E-state index contributed by atoms with van der Waals surface area (Å²) in [6.45, 7) is 16.3. The Morgan fingerprint density at radius 2 is 1.52 bits per heavy atom. The smallest absolute Gasteiger partial charge is 0.00795 e. The zero-order chi connectivity index (χ0) is 15.7. The summed E-state index contributed by atoms with van der Waals surface area (Å²) in [7, 11) is 0. The Kier molecular flexibility index (Phi) is 9.54. The van der Waals surface area contributed by atoms with Crippen LogP contribution in [0.25, 0.3) is 0 Å². The van der Waals surface area contributed by atoms with E-state index in [1.807, 2.05) is 0 Å². The molecule has 3 nitrogen and oxygen atoms in total. The van der Waals surface area contributed by atoms with E-state index in [-0.39, 0.29) is 0 Å². The van der Waals surface area contributed by atoms with Gasteiger partial charge in [0.2, 0.25) is 0 Å². The van der Waals surface area contributed by atoms with Crippen molar-refractivity contribution >= 4 is 0 Å². The van der Waals surface area contributed by atoms with Crippen LogP contribution >= 0.6 is 0 Å². The molecule has 2 N–H and O–H groups in total. The van der Waals surface area contributed by atoms with E-state index in [9.17, 15) is 0 Å². The molecule has 1 rings (SSSR count). The Labute approximate surface area is 133 Å². The van der Waals surface area contributed by atoms with Crippen molar-refractivity contribution in [2.75, 3.05) is 39.3 Å². The van der Waals surface area contributed by atoms with Crippen LogP contribution in [0.3, 0.4) is 0 Å². The summed E-state index contributed by atoms with van der Waals surface area (Å²) in [6, 6.07) is 0.435. The van der Waals surface area contributed by atoms with Crippen molar-refractivity contribution in [3.05, 3.63) is 0 Å². The third-order valence-electron chi connectivity index (χ3n) is 5.51. The molecule has 126 valence electrons. The Morgan fingerprint density at radius 1 is 0.905 bits per heavy atom. The highest BCUT2D eigenvalue weighted by molar-refractivity contribution is 4.84. The van der Waals surface area contributed by atoms with Crippen LogP contribution in [0.5, 0.6) is 0 Å². The summed E-state index contributed by atoms with van der Waals surface area (Å²) >= 11 is 0. The third-order valence-corrected chi connectivity index (χ3v) is 5.51. The molecule has 3 heteroatoms. The van der Waals surface area contributed by atoms with Gasteiger partial charge in [0.25, 0.3) is 0 Å². The molecule has 21 heavy (non-hydrogen) atoms. The largest absolute Gasteiger partial charge is 0.327 e. The monoisotopic (exact) mass is 297 g/mol. The van der Waals surface area contributed by atoms with Gasteiger partial charge in [-0.2, -0.15) is 0 Å². The van der Waals surface area contributed by atoms with Gasteiger partial charge >= 0.3 is 0 Å². The van der Waals surface area contributed by atoms with Crippen molar-refractivity contribution < 1.29 is 0 Å². The predicted octanol–water partition coefficient (Wildman–Crippen LogP) is 3.19. The summed E-state index contributed by atoms with van der Waals surface area (Å²) < 4.78 is 0. The lowest BCUT2D eigenvalue weighted by Gasteiger charge is -2.37. The molecule has 0 aliphatic heterocycles. The fourth-order valence-electron chi connectivity index (χ4n) is 3.73. The van der Waals surface area contributed by atoms with Gasteiger partial charge in [-0.15, -0.1) is 0 Å². The lowest BCUT2D eigenvalue weighted by atomic mass is 9.77. The van der Waals surface area contributed by atoms with Crippen molar-refractivity contribution in [2.45, 2.75) is 65.8 Å². The number of hydrogen-bond donors (Lipinski definition) is 1. The van der Waals surface area contributed by atoms with Crippen LogP contribution in [0.4, 0.5) is 0 Å². The Bertz CT molecular complexity index is 253. The van der Waals surface area contributed by atoms with Gasteiger partial charge in [0.05, 0.1) is 0 Å². The minimum atomic E-state index is 0.435. The molecule has 1 fully saturated rings. The third kappa shape index (κ3) is 6.66. The zero-order valence-corrected chi connectivity index (χ0v) is 15.0. The highest BCUT2D eigenvalue weighted by Gasteiger charge is 2.28. The molecule has 1 aliphatic rings. The Morgan fingerprint density at radius 3 is 2.10 bits per heavy atom. The van der Waals surface area contributed by atoms with E-state index in [1.54, 1.807) is 0 Å². The molecular weight excluding hydrogens is 258 g/mol. The maximum absolute atomic E-state index is 6.38. The Balaban J connectivity index is 2.34. The van der Waals surface area contributed by atoms with Crippen molar-refractivity contribution in [2.24, 2.45) is 17.6 Å². The van der Waals surface area contributed by atoms with Crippen molar-refractivity contribution in [1.82, 2.24) is 9.80 Å². The van der Waals surface area contributed by atoms with Crippen LogP contribution in [-0.2, 0) is 0 Å². The van der Waals surface area contributed by atoms with Gasteiger partial charge < -0.3 is 15.5 Å². The maximum Gasteiger partial charge on any atom is 0.00795 e. The lowest BCUT2D eigenvalue weighted by Crippen LogP contribution is -2.43. The molecule has 0 spiro atoms. The van der Waals surface area contributed by atoms with Crippen molar-refractivity contribution in [1.29, 1.82) is 0 Å². The van der Waals surface area contributed by atoms with E-state index >= 15 is 0 Å². The van der Waals surface area contributed by atoms with Gasteiger partial charge in [-0.1, -0.05) is 34.1 Å². The summed E-state index contributed by atoms with van der Waals surface area (Å²) in [4.78, 5) is 5.15. The predicted molar refractivity (Wildman–Crippen MR) is 93.6 cm³/mol. The van der Waals surface area contributed by atoms with Crippen molar-refractivity contribution in [3.8, 4) is 0 Å². The molecule has 0 aromatic carbocycles. The normalized spacial score (nSPS) is 26.7. The first-order chi connectivity index (χ1) is 10.1. The van der Waals surface area contributed by atoms with Gasteiger partial charge in [0.15, 0.2) is 0 Å². The van der Waals surface area contributed by atoms with Gasteiger partial charge in [-0.05, 0) is 70.2 Å². The first-order valence-corrected chi connectivity index (χ1v) is 9.34. The molecular formula is C18H39N3. The molecule has 0 amide bonds. The van der Waals surface area contributed by atoms with Crippen LogP contribution in [0, 0.1) is 11.8 Å². The number of nitrogens with two attached hydrogens (primary N) is 1. The standard InChI is InChI=1S/C18H39N3/c1-5-16-10-11-18(19)17(14-16)15-21(8-4)13-9-12-20(6-2)7-3/h16-18H,5-15,19H2,1-4H3. The summed E-state index contributed by atoms with van der Waals surface area (Å²) in [5.74, 6) is 1.64. The van der Waals surface area contributed by atoms with Gasteiger partial charge in [0, 0.05) is 12.6 Å². The van der Waals surface area contributed by atoms with Gasteiger partial charge in [-0.25, -0.2) is 0 Å². The first-order valence-electron chi connectivity index (χ1n) is 9.34. The number of nitrogens with zero attached hydrogens (tertiary/aromatic N) is 2. The molecule has 0 radical (unpaired) electrons. The van der Waals surface area contributed by atoms with E-state index in [4.69, 9.17) is 5.73 Å². The van der Waals surface area contributed by atoms with E-state index in [0.29, 0.717) is 6.04 Å². The molecule has 0 aromatic heterocycles. The minimum Gasteiger partial charge on any atom is -0.327 e. The average Bonchev–Trinajstić information content (AvgIpc) is 2.52. The maximum atomic E-state index is 6.38. The van der Waals surface area contributed by atoms with Crippen LogP contribution in [0.15, 0.2) is 0 Å². The minimum absolute atomic E-state index is 0.435. The quantitative estimate of drug-likeness (QED) is 0.672. The molecule has 3 unspecified atom stereocenters. The van der Waals surface area contributed by atoms with E-state index in [2.05, 4.69) is 37.5 Å². The molecule has 0 heterocycles. The molecule has 1 saturated carbocycles. The number of rotatable bonds is 10. The summed E-state index contributed by atoms with van der Waals surface area (Å²) in [5.41, 5.74) is 6.38. The average molecular weight is 298 g/mol. The molecule has 3 atom stereocenters. The summed E-state index contributed by atoms with van der Waals surface area (Å²) in [6.07, 6.45) is 6.55. The van der Waals surface area contributed by atoms with Crippen LogP contribution < -0.4 is 5.73 Å². The SMILES string of the molecule is CCC1CCC(N)C(CN(CC)CCCN(CC)CC)C1. The van der Waals surface area contributed by atoms with E-state index in [1.165, 1.54) is 64.8 Å². The highest BCUT2D eigenvalue weighted by Crippen LogP contribution is 2.30. The summed E-state index contributed by atoms with van der Waals surface area (Å²) in [5, 5.41) is 0. The van der Waals surface area contributed by atoms with Crippen LogP contribution in [0.2, 0.25) is 0 Å². The molecule has 1 aliphatic carbocycles. The molecule has 0 aromatic rings. The molecule has 0 saturated heterocycles. The molecule has 0 bridgehead atoms. The highest BCUT2D eigenvalue weighted by atomic mass is 15.1. The number of hydrogen-bond acceptors (Lipinski definition) is 3. The first kappa shape index (κ1) is 18.9. The fourth-order valence-corrected chi connectivity index (χ4v) is 3.73. The lowest BCUT2D eigenvalue weighted by molar-refractivity contribution is 0.152. The van der Waals surface area contributed by atoms with Crippen molar-refractivity contribution in [3.63, 3.8) is 0 Å². The fraction of sp³-hybridized carbons (Fsp3) is 1.00. The Hall–Kier alpha value is -0.120. The second kappa shape index (κ2) is 10.6. The van der Waals surface area contributed by atoms with Gasteiger partial charge in [-0.3, -0.25) is 0 Å². The van der Waals surface area contributed by atoms with Crippen LogP contribution in [0.1, 0.15) is 59.8 Å². The van der Waals surface area contributed by atoms with Gasteiger partial charge in [0.1, 0.15) is 0 Å². The second-order valence-corrected chi connectivity index (χ2v) is 6.78. The second-order valence-electron chi connectivity index (χ2n) is 6.78. The topological polar surface area (TPSA) is 32.5 Å². The zero-order valence-electron chi connectivity index (χ0n) is 15.0. The van der Waals surface area contributed by atoms with E-state index in [0.717, 1.165) is 18.4 Å². The van der Waals surface area contributed by atoms with Crippen LogP contribution in [-0.4, -0.2) is 55.1 Å². The van der Waals surface area contributed by atoms with E-state index < -0.39 is 0 Å².